The van der Waals surface area contributed by atoms with Crippen molar-refractivity contribution in [3.63, 3.8) is 0 Å². The molecule has 0 aromatic heterocycles. The summed E-state index contributed by atoms with van der Waals surface area (Å²) in [6, 6.07) is 4.60. The molecular weight excluding hydrogens is 269 g/mol. The summed E-state index contributed by atoms with van der Waals surface area (Å²) in [4.78, 5) is -0.00509. The molecule has 0 aliphatic carbocycles. The van der Waals surface area contributed by atoms with Crippen molar-refractivity contribution in [2.45, 2.75) is 4.90 Å². The second kappa shape index (κ2) is 5.70. The Balaban J connectivity index is 3.12. The van der Waals surface area contributed by atoms with E-state index >= 15 is 0 Å². The van der Waals surface area contributed by atoms with Crippen molar-refractivity contribution in [1.82, 2.24) is 0 Å². The van der Waals surface area contributed by atoms with Gasteiger partial charge in [0.25, 0.3) is 10.0 Å². The molecule has 0 radical (unpaired) electrons. The van der Waals surface area contributed by atoms with Crippen LogP contribution in [-0.2, 0) is 10.0 Å². The summed E-state index contributed by atoms with van der Waals surface area (Å²) < 4.78 is 40.2. The minimum Gasteiger partial charge on any atom is -0.207 e. The van der Waals surface area contributed by atoms with Crippen molar-refractivity contribution in [1.29, 1.82) is 0 Å². The van der Waals surface area contributed by atoms with Crippen LogP contribution in [0.3, 0.4) is 0 Å². The molecule has 0 fully saturated rings. The van der Waals surface area contributed by atoms with Gasteiger partial charge in [0.1, 0.15) is 10.2 Å². The van der Waals surface area contributed by atoms with E-state index in [9.17, 15) is 12.8 Å². The quantitative estimate of drug-likeness (QED) is 0.616. The Morgan fingerprint density at radius 2 is 1.69 bits per heavy atom. The van der Waals surface area contributed by atoms with Crippen molar-refractivity contribution < 1.29 is 12.8 Å². The Morgan fingerprint density at radius 1 is 1.19 bits per heavy atom. The van der Waals surface area contributed by atoms with E-state index in [1.807, 2.05) is 0 Å². The molecule has 0 unspecified atom stereocenters. The van der Waals surface area contributed by atoms with Crippen LogP contribution in [0.2, 0.25) is 0 Å². The summed E-state index contributed by atoms with van der Waals surface area (Å²) in [6.45, 7) is 0. The van der Waals surface area contributed by atoms with Gasteiger partial charge in [-0.05, 0) is 36.8 Å². The van der Waals surface area contributed by atoms with Crippen molar-refractivity contribution in [3.05, 3.63) is 30.1 Å². The molecule has 0 amide bonds. The third-order valence-corrected chi connectivity index (χ3v) is 5.06. The van der Waals surface area contributed by atoms with Crippen molar-refractivity contribution in [2.24, 2.45) is 4.40 Å². The highest BCUT2D eigenvalue weighted by Crippen LogP contribution is 2.18. The predicted octanol–water partition coefficient (Wildman–Crippen LogP) is 2.60. The fourth-order valence-electron chi connectivity index (χ4n) is 0.915. The molecule has 7 heteroatoms. The second-order valence-corrected chi connectivity index (χ2v) is 6.15. The maximum Gasteiger partial charge on any atom is 0.283 e. The third-order valence-electron chi connectivity index (χ3n) is 1.66. The van der Waals surface area contributed by atoms with Gasteiger partial charge in [0, 0.05) is 0 Å². The number of rotatable bonds is 2. The smallest absolute Gasteiger partial charge is 0.207 e. The van der Waals surface area contributed by atoms with Crippen molar-refractivity contribution >= 4 is 37.9 Å². The minimum absolute atomic E-state index is 0.00509. The molecule has 0 saturated heterocycles. The molecule has 1 aromatic carbocycles. The van der Waals surface area contributed by atoms with Gasteiger partial charge in [-0.1, -0.05) is 0 Å². The van der Waals surface area contributed by atoms with Crippen molar-refractivity contribution in [2.75, 3.05) is 12.5 Å². The van der Waals surface area contributed by atoms with Gasteiger partial charge < -0.3 is 0 Å². The second-order valence-electron chi connectivity index (χ2n) is 2.69. The minimum atomic E-state index is -3.72. The van der Waals surface area contributed by atoms with Crippen LogP contribution in [-0.4, -0.2) is 25.3 Å². The SMILES string of the molecule is CSC(=NS(=O)(=O)c1ccc(F)cc1)SC. The number of hydrogen-bond donors (Lipinski definition) is 0. The van der Waals surface area contributed by atoms with Gasteiger partial charge in [-0.2, -0.15) is 8.42 Å². The summed E-state index contributed by atoms with van der Waals surface area (Å²) >= 11 is 2.51. The van der Waals surface area contributed by atoms with E-state index in [-0.39, 0.29) is 4.90 Å². The van der Waals surface area contributed by atoms with E-state index in [1.54, 1.807) is 12.5 Å². The molecule has 16 heavy (non-hydrogen) atoms. The molecular formula is C9H10FNO2S3. The highest BCUT2D eigenvalue weighted by atomic mass is 32.2. The Hall–Kier alpha value is -0.530. The number of halogens is 1. The van der Waals surface area contributed by atoms with Gasteiger partial charge >= 0.3 is 0 Å². The van der Waals surface area contributed by atoms with Crippen LogP contribution in [0, 0.1) is 5.82 Å². The normalized spacial score (nSPS) is 11.2. The van der Waals surface area contributed by atoms with Crippen LogP contribution >= 0.6 is 23.5 Å². The summed E-state index contributed by atoms with van der Waals surface area (Å²) in [5, 5.41) is 0. The maximum atomic E-state index is 12.6. The Kier molecular flexibility index (Phi) is 4.82. The van der Waals surface area contributed by atoms with Gasteiger partial charge in [-0.3, -0.25) is 0 Å². The van der Waals surface area contributed by atoms with E-state index in [0.717, 1.165) is 12.1 Å². The lowest BCUT2D eigenvalue weighted by Crippen LogP contribution is -1.99. The van der Waals surface area contributed by atoms with Gasteiger partial charge in [-0.15, -0.1) is 27.9 Å². The summed E-state index contributed by atoms with van der Waals surface area (Å²) in [6.07, 6.45) is 3.49. The summed E-state index contributed by atoms with van der Waals surface area (Å²) in [5.74, 6) is -0.474. The molecule has 0 aliphatic rings. The van der Waals surface area contributed by atoms with Crippen LogP contribution in [0.5, 0.6) is 0 Å². The summed E-state index contributed by atoms with van der Waals surface area (Å²) in [7, 11) is -3.72. The molecule has 88 valence electrons. The largest absolute Gasteiger partial charge is 0.283 e. The lowest BCUT2D eigenvalue weighted by molar-refractivity contribution is 0.597. The number of benzene rings is 1. The van der Waals surface area contributed by atoms with Crippen LogP contribution in [0.15, 0.2) is 33.6 Å². The Labute approximate surface area is 103 Å². The van der Waals surface area contributed by atoms with E-state index in [0.29, 0.717) is 4.38 Å². The fraction of sp³-hybridized carbons (Fsp3) is 0.222. The average Bonchev–Trinajstić information content (AvgIpc) is 2.26. The maximum absolute atomic E-state index is 12.6. The molecule has 0 heterocycles. The first kappa shape index (κ1) is 13.5. The van der Waals surface area contributed by atoms with Crippen molar-refractivity contribution in [3.8, 4) is 0 Å². The Bertz CT molecular complexity index is 476. The number of sulfonamides is 1. The van der Waals surface area contributed by atoms with E-state index < -0.39 is 15.8 Å². The zero-order valence-corrected chi connectivity index (χ0v) is 11.1. The Morgan fingerprint density at radius 3 is 2.12 bits per heavy atom. The monoisotopic (exact) mass is 279 g/mol. The van der Waals surface area contributed by atoms with Crippen LogP contribution in [0.4, 0.5) is 4.39 Å². The molecule has 0 atom stereocenters. The first-order chi connectivity index (χ1) is 7.49. The first-order valence-electron chi connectivity index (χ1n) is 4.18. The summed E-state index contributed by atoms with van der Waals surface area (Å²) in [5.41, 5.74) is 0. The van der Waals surface area contributed by atoms with E-state index in [2.05, 4.69) is 4.40 Å². The number of thioether (sulfide) groups is 2. The van der Waals surface area contributed by atoms with Gasteiger partial charge in [0.15, 0.2) is 0 Å². The third kappa shape index (κ3) is 3.50. The number of hydrogen-bond acceptors (Lipinski definition) is 4. The highest BCUT2D eigenvalue weighted by molar-refractivity contribution is 8.38. The standard InChI is InChI=1S/C9H10FNO2S3/c1-14-9(15-2)11-16(12,13)8-5-3-7(10)4-6-8/h3-6H,1-2H3. The van der Waals surface area contributed by atoms with E-state index in [4.69, 9.17) is 0 Å². The van der Waals surface area contributed by atoms with Gasteiger partial charge in [0.2, 0.25) is 0 Å². The molecule has 0 spiro atoms. The predicted molar refractivity (Wildman–Crippen MR) is 68.1 cm³/mol. The van der Waals surface area contributed by atoms with Crippen LogP contribution < -0.4 is 0 Å². The zero-order valence-electron chi connectivity index (χ0n) is 8.68. The average molecular weight is 279 g/mol. The molecule has 1 rings (SSSR count). The fourth-order valence-corrected chi connectivity index (χ4v) is 3.55. The van der Waals surface area contributed by atoms with Gasteiger partial charge in [0.05, 0.1) is 4.90 Å². The van der Waals surface area contributed by atoms with E-state index in [1.165, 1.54) is 35.7 Å². The molecule has 1 aromatic rings. The first-order valence-corrected chi connectivity index (χ1v) is 8.07. The molecule has 0 bridgehead atoms. The lowest BCUT2D eigenvalue weighted by Gasteiger charge is -2.01. The molecule has 0 N–H and O–H groups in total. The molecule has 0 saturated carbocycles. The lowest BCUT2D eigenvalue weighted by atomic mass is 10.4. The molecule has 3 nitrogen and oxygen atoms in total. The van der Waals surface area contributed by atoms with Crippen LogP contribution in [0.1, 0.15) is 0 Å². The zero-order chi connectivity index (χ0) is 12.2. The highest BCUT2D eigenvalue weighted by Gasteiger charge is 2.13. The van der Waals surface area contributed by atoms with Gasteiger partial charge in [-0.25, -0.2) is 4.39 Å². The topological polar surface area (TPSA) is 46.5 Å². The number of nitrogens with zero attached hydrogens (tertiary/aromatic N) is 1. The molecule has 0 aliphatic heterocycles. The van der Waals surface area contributed by atoms with Crippen LogP contribution in [0.25, 0.3) is 0 Å².